The third-order valence-corrected chi connectivity index (χ3v) is 5.03. The second kappa shape index (κ2) is 9.98. The van der Waals surface area contributed by atoms with E-state index in [1.807, 2.05) is 66.7 Å². The van der Waals surface area contributed by atoms with Crippen LogP contribution < -0.4 is 20.1 Å². The number of halogens is 1. The van der Waals surface area contributed by atoms with Crippen molar-refractivity contribution in [1.82, 2.24) is 0 Å². The molecule has 0 aliphatic heterocycles. The average Bonchev–Trinajstić information content (AvgIpc) is 2.73. The molecule has 1 amide bonds. The fourth-order valence-electron chi connectivity index (χ4n) is 2.86. The molecule has 0 aromatic heterocycles. The first-order chi connectivity index (χ1) is 14.1. The highest BCUT2D eigenvalue weighted by Gasteiger charge is 2.15. The molecule has 0 unspecified atom stereocenters. The fourth-order valence-corrected chi connectivity index (χ4v) is 3.31. The van der Waals surface area contributed by atoms with Gasteiger partial charge in [0.1, 0.15) is 6.61 Å². The van der Waals surface area contributed by atoms with E-state index in [1.165, 1.54) is 6.92 Å². The Morgan fingerprint density at radius 2 is 1.66 bits per heavy atom. The van der Waals surface area contributed by atoms with E-state index in [9.17, 15) is 4.79 Å². The van der Waals surface area contributed by atoms with Gasteiger partial charge in [-0.1, -0.05) is 46.3 Å². The van der Waals surface area contributed by atoms with E-state index in [0.29, 0.717) is 24.7 Å². The Bertz CT molecular complexity index is 960. The topological polar surface area (TPSA) is 59.6 Å². The molecule has 3 rings (SSSR count). The molecule has 3 aromatic rings. The minimum atomic E-state index is -0.0915. The summed E-state index contributed by atoms with van der Waals surface area (Å²) in [7, 11) is 1.64. The second-order valence-corrected chi connectivity index (χ2v) is 7.30. The molecule has 0 fully saturated rings. The summed E-state index contributed by atoms with van der Waals surface area (Å²) in [6, 6.07) is 21.4. The molecule has 6 heteroatoms. The third-order valence-electron chi connectivity index (χ3n) is 4.29. The van der Waals surface area contributed by atoms with Gasteiger partial charge in [-0.15, -0.1) is 0 Å². The van der Waals surface area contributed by atoms with Crippen LogP contribution in [0, 0.1) is 0 Å². The van der Waals surface area contributed by atoms with E-state index in [1.54, 1.807) is 7.11 Å². The van der Waals surface area contributed by atoms with Gasteiger partial charge < -0.3 is 20.1 Å². The zero-order valence-corrected chi connectivity index (χ0v) is 18.0. The van der Waals surface area contributed by atoms with Crippen molar-refractivity contribution < 1.29 is 14.3 Å². The van der Waals surface area contributed by atoms with Gasteiger partial charge in [0, 0.05) is 34.9 Å². The van der Waals surface area contributed by atoms with Gasteiger partial charge in [0.05, 0.1) is 7.11 Å². The Labute approximate surface area is 179 Å². The first-order valence-electron chi connectivity index (χ1n) is 9.20. The molecule has 0 spiro atoms. The smallest absolute Gasteiger partial charge is 0.221 e. The maximum atomic E-state index is 11.2. The fraction of sp³-hybridized carbons (Fsp3) is 0.174. The van der Waals surface area contributed by atoms with Crippen molar-refractivity contribution >= 4 is 33.2 Å². The first kappa shape index (κ1) is 20.7. The predicted molar refractivity (Wildman–Crippen MR) is 120 cm³/mol. The van der Waals surface area contributed by atoms with Crippen LogP contribution in [0.25, 0.3) is 0 Å². The molecular weight excluding hydrogens is 432 g/mol. The van der Waals surface area contributed by atoms with E-state index < -0.39 is 0 Å². The molecule has 0 aliphatic carbocycles. The number of hydrogen-bond acceptors (Lipinski definition) is 4. The number of ether oxygens (including phenoxy) is 2. The number of nitrogens with one attached hydrogen (secondary N) is 2. The van der Waals surface area contributed by atoms with Gasteiger partial charge in [0.25, 0.3) is 0 Å². The molecule has 2 N–H and O–H groups in total. The molecule has 0 saturated carbocycles. The Morgan fingerprint density at radius 3 is 2.31 bits per heavy atom. The lowest BCUT2D eigenvalue weighted by Gasteiger charge is -2.18. The van der Waals surface area contributed by atoms with E-state index in [2.05, 4.69) is 26.6 Å². The number of hydrogen-bond donors (Lipinski definition) is 2. The normalized spacial score (nSPS) is 10.3. The van der Waals surface area contributed by atoms with Crippen LogP contribution in [0.4, 0.5) is 11.4 Å². The highest BCUT2D eigenvalue weighted by atomic mass is 79.9. The van der Waals surface area contributed by atoms with Crippen molar-refractivity contribution in [1.29, 1.82) is 0 Å². The molecular formula is C23H23BrN2O3. The monoisotopic (exact) mass is 454 g/mol. The molecule has 150 valence electrons. The van der Waals surface area contributed by atoms with Crippen molar-refractivity contribution in [3.63, 3.8) is 0 Å². The van der Waals surface area contributed by atoms with Crippen LogP contribution in [-0.4, -0.2) is 13.0 Å². The van der Waals surface area contributed by atoms with Crippen LogP contribution in [0.1, 0.15) is 18.1 Å². The van der Waals surface area contributed by atoms with Crippen molar-refractivity contribution in [2.45, 2.75) is 20.1 Å². The summed E-state index contributed by atoms with van der Waals surface area (Å²) in [6.45, 7) is 2.48. The van der Waals surface area contributed by atoms with Crippen LogP contribution in [0.3, 0.4) is 0 Å². The Kier molecular flexibility index (Phi) is 7.14. The number of carbonyl (C=O) groups excluding carboxylic acids is 1. The van der Waals surface area contributed by atoms with Gasteiger partial charge in [-0.05, 0) is 42.0 Å². The largest absolute Gasteiger partial charge is 0.493 e. The van der Waals surface area contributed by atoms with Gasteiger partial charge in [0.15, 0.2) is 11.5 Å². The number of rotatable bonds is 8. The van der Waals surface area contributed by atoms with Gasteiger partial charge >= 0.3 is 0 Å². The molecule has 0 heterocycles. The lowest BCUT2D eigenvalue weighted by Crippen LogP contribution is -2.07. The molecule has 0 aliphatic rings. The minimum absolute atomic E-state index is 0.0915. The summed E-state index contributed by atoms with van der Waals surface area (Å²) in [5.41, 5.74) is 3.74. The van der Waals surface area contributed by atoms with Gasteiger partial charge in [-0.3, -0.25) is 4.79 Å². The van der Waals surface area contributed by atoms with E-state index in [4.69, 9.17) is 9.47 Å². The first-order valence-corrected chi connectivity index (χ1v) is 9.99. The molecule has 29 heavy (non-hydrogen) atoms. The van der Waals surface area contributed by atoms with E-state index in [-0.39, 0.29) is 5.91 Å². The van der Waals surface area contributed by atoms with E-state index >= 15 is 0 Å². The molecule has 3 aromatic carbocycles. The summed E-state index contributed by atoms with van der Waals surface area (Å²) in [5.74, 6) is 1.29. The number of amides is 1. The van der Waals surface area contributed by atoms with Gasteiger partial charge in [-0.2, -0.15) is 0 Å². The number of benzene rings is 3. The molecule has 0 bridgehead atoms. The van der Waals surface area contributed by atoms with Crippen molar-refractivity contribution in [3.05, 3.63) is 82.3 Å². The number of carbonyl (C=O) groups is 1. The average molecular weight is 455 g/mol. The predicted octanol–water partition coefficient (Wildman–Crippen LogP) is 5.61. The van der Waals surface area contributed by atoms with E-state index in [0.717, 1.165) is 27.0 Å². The minimum Gasteiger partial charge on any atom is -0.493 e. The highest BCUT2D eigenvalue weighted by Crippen LogP contribution is 2.37. The summed E-state index contributed by atoms with van der Waals surface area (Å²) in [6.07, 6.45) is 0. The zero-order valence-electron chi connectivity index (χ0n) is 16.4. The second-order valence-electron chi connectivity index (χ2n) is 6.44. The molecule has 0 saturated heterocycles. The Morgan fingerprint density at radius 1 is 0.966 bits per heavy atom. The van der Waals surface area contributed by atoms with Crippen molar-refractivity contribution in [2.24, 2.45) is 0 Å². The standard InChI is InChI=1S/C23H23BrN2O3/c1-16(27)26-19-10-8-18(9-11-19)25-14-20-21(24)12-13-22(28-2)23(20)29-15-17-6-4-3-5-7-17/h3-13,25H,14-15H2,1-2H3,(H,26,27). The number of methoxy groups -OCH3 is 1. The molecule has 5 nitrogen and oxygen atoms in total. The zero-order chi connectivity index (χ0) is 20.6. The lowest BCUT2D eigenvalue weighted by atomic mass is 10.1. The molecule has 0 radical (unpaired) electrons. The summed E-state index contributed by atoms with van der Waals surface area (Å²) in [5, 5.41) is 6.15. The van der Waals surface area contributed by atoms with Crippen LogP contribution in [0.5, 0.6) is 11.5 Å². The Balaban J connectivity index is 1.76. The summed E-state index contributed by atoms with van der Waals surface area (Å²) >= 11 is 3.63. The quantitative estimate of drug-likeness (QED) is 0.464. The van der Waals surface area contributed by atoms with Crippen LogP contribution in [0.2, 0.25) is 0 Å². The highest BCUT2D eigenvalue weighted by molar-refractivity contribution is 9.10. The summed E-state index contributed by atoms with van der Waals surface area (Å²) < 4.78 is 12.6. The van der Waals surface area contributed by atoms with Crippen molar-refractivity contribution in [3.8, 4) is 11.5 Å². The van der Waals surface area contributed by atoms with Crippen molar-refractivity contribution in [2.75, 3.05) is 17.7 Å². The van der Waals surface area contributed by atoms with Gasteiger partial charge in [-0.25, -0.2) is 0 Å². The Hall–Kier alpha value is -2.99. The molecule has 0 atom stereocenters. The van der Waals surface area contributed by atoms with Gasteiger partial charge in [0.2, 0.25) is 5.91 Å². The number of anilines is 2. The van der Waals surface area contributed by atoms with Crippen LogP contribution in [-0.2, 0) is 17.9 Å². The maximum Gasteiger partial charge on any atom is 0.221 e. The third kappa shape index (κ3) is 5.74. The van der Waals surface area contributed by atoms with Crippen LogP contribution >= 0.6 is 15.9 Å². The maximum absolute atomic E-state index is 11.2. The lowest BCUT2D eigenvalue weighted by molar-refractivity contribution is -0.114. The van der Waals surface area contributed by atoms with Crippen LogP contribution in [0.15, 0.2) is 71.2 Å². The summed E-state index contributed by atoms with van der Waals surface area (Å²) in [4.78, 5) is 11.2. The SMILES string of the molecule is COc1ccc(Br)c(CNc2ccc(NC(C)=O)cc2)c1OCc1ccccc1.